The zero-order valence-electron chi connectivity index (χ0n) is 16.9. The molecule has 9 heteroatoms. The second-order valence-electron chi connectivity index (χ2n) is 7.62. The average molecular weight is 397 g/mol. The second kappa shape index (κ2) is 6.98. The van der Waals surface area contributed by atoms with E-state index in [1.165, 1.54) is 11.6 Å². The van der Waals surface area contributed by atoms with E-state index in [2.05, 4.69) is 10.1 Å². The molecule has 4 rings (SSSR count). The number of rotatable bonds is 3. The van der Waals surface area contributed by atoms with Gasteiger partial charge >= 0.3 is 5.69 Å². The summed E-state index contributed by atoms with van der Waals surface area (Å²) in [4.78, 5) is 43.7. The molecule has 0 bridgehead atoms. The van der Waals surface area contributed by atoms with Crippen LogP contribution in [-0.4, -0.2) is 43.2 Å². The molecule has 1 aliphatic rings. The number of hydrogen-bond acceptors (Lipinski definition) is 6. The summed E-state index contributed by atoms with van der Waals surface area (Å²) in [7, 11) is 3.06. The van der Waals surface area contributed by atoms with Gasteiger partial charge in [-0.15, -0.1) is 0 Å². The fraction of sp³-hybridized carbons (Fsp3) is 0.450. The van der Waals surface area contributed by atoms with Crippen LogP contribution in [0.3, 0.4) is 0 Å². The fourth-order valence-electron chi connectivity index (χ4n) is 3.94. The number of carbonyl (C=O) groups is 1. The summed E-state index contributed by atoms with van der Waals surface area (Å²) < 4.78 is 7.61. The zero-order chi connectivity index (χ0) is 20.9. The highest BCUT2D eigenvalue weighted by atomic mass is 16.5. The van der Waals surface area contributed by atoms with Gasteiger partial charge in [0.15, 0.2) is 0 Å². The number of fused-ring (bicyclic) bond motifs is 1. The van der Waals surface area contributed by atoms with E-state index in [4.69, 9.17) is 4.52 Å². The van der Waals surface area contributed by atoms with Crippen molar-refractivity contribution in [3.8, 4) is 0 Å². The van der Waals surface area contributed by atoms with Crippen LogP contribution < -0.4 is 11.2 Å². The Balaban J connectivity index is 1.58. The summed E-state index contributed by atoms with van der Waals surface area (Å²) in [5.74, 6) is 0.765. The van der Waals surface area contributed by atoms with Gasteiger partial charge in [0.05, 0.1) is 17.5 Å². The van der Waals surface area contributed by atoms with E-state index in [0.717, 1.165) is 27.9 Å². The van der Waals surface area contributed by atoms with Crippen molar-refractivity contribution in [3.05, 3.63) is 55.7 Å². The predicted octanol–water partition coefficient (Wildman–Crippen LogP) is 0.796. The third-order valence-electron chi connectivity index (χ3n) is 5.79. The van der Waals surface area contributed by atoms with Gasteiger partial charge in [-0.05, 0) is 32.4 Å². The zero-order valence-corrected chi connectivity index (χ0v) is 16.9. The third-order valence-corrected chi connectivity index (χ3v) is 5.79. The summed E-state index contributed by atoms with van der Waals surface area (Å²) >= 11 is 0. The lowest BCUT2D eigenvalue weighted by Gasteiger charge is -2.17. The first-order valence-electron chi connectivity index (χ1n) is 9.54. The Hall–Kier alpha value is -3.23. The molecule has 3 aromatic rings. The quantitative estimate of drug-likeness (QED) is 0.648. The van der Waals surface area contributed by atoms with E-state index in [1.54, 1.807) is 13.1 Å². The summed E-state index contributed by atoms with van der Waals surface area (Å²) in [6, 6.07) is 3.54. The van der Waals surface area contributed by atoms with Crippen LogP contribution in [0.25, 0.3) is 11.0 Å². The molecule has 1 aliphatic heterocycles. The Morgan fingerprint density at radius 3 is 2.66 bits per heavy atom. The topological polar surface area (TPSA) is 103 Å². The van der Waals surface area contributed by atoms with E-state index in [1.807, 2.05) is 24.8 Å². The van der Waals surface area contributed by atoms with Gasteiger partial charge in [-0.2, -0.15) is 0 Å². The molecule has 0 saturated carbocycles. The molecule has 0 aromatic carbocycles. The average Bonchev–Trinajstić information content (AvgIpc) is 3.33. The summed E-state index contributed by atoms with van der Waals surface area (Å²) in [6.45, 7) is 4.84. The monoisotopic (exact) mass is 397 g/mol. The first-order chi connectivity index (χ1) is 13.8. The van der Waals surface area contributed by atoms with Gasteiger partial charge in [0.1, 0.15) is 11.4 Å². The van der Waals surface area contributed by atoms with Crippen molar-refractivity contribution in [2.75, 3.05) is 13.1 Å². The second-order valence-corrected chi connectivity index (χ2v) is 7.62. The number of hydrogen-bond donors (Lipinski definition) is 0. The third kappa shape index (κ3) is 3.16. The molecule has 3 aromatic heterocycles. The van der Waals surface area contributed by atoms with Gasteiger partial charge in [0.25, 0.3) is 5.56 Å². The van der Waals surface area contributed by atoms with Gasteiger partial charge < -0.3 is 9.42 Å². The van der Waals surface area contributed by atoms with E-state index in [0.29, 0.717) is 29.9 Å². The van der Waals surface area contributed by atoms with Crippen molar-refractivity contribution in [3.63, 3.8) is 0 Å². The van der Waals surface area contributed by atoms with Crippen LogP contribution in [0.5, 0.6) is 0 Å². The molecule has 29 heavy (non-hydrogen) atoms. The molecule has 4 heterocycles. The molecule has 0 N–H and O–H groups in total. The molecule has 9 nitrogen and oxygen atoms in total. The van der Waals surface area contributed by atoms with Crippen LogP contribution in [0, 0.1) is 13.8 Å². The van der Waals surface area contributed by atoms with Crippen LogP contribution in [0.4, 0.5) is 0 Å². The van der Waals surface area contributed by atoms with Crippen molar-refractivity contribution < 1.29 is 9.32 Å². The minimum atomic E-state index is -0.408. The SMILES string of the molecule is Cc1noc(C)c1CC(=O)N1CC[C@@H](c2ccc3c(=O)n(C)c(=O)n(C)c3n2)C1. The first kappa shape index (κ1) is 19.1. The number of nitrogens with zero attached hydrogens (tertiary/aromatic N) is 5. The maximum atomic E-state index is 12.7. The number of aryl methyl sites for hydroxylation is 3. The van der Waals surface area contributed by atoms with Crippen LogP contribution in [-0.2, 0) is 25.3 Å². The number of carbonyl (C=O) groups excluding carboxylic acids is 1. The van der Waals surface area contributed by atoms with E-state index in [9.17, 15) is 14.4 Å². The summed E-state index contributed by atoms with van der Waals surface area (Å²) in [5.41, 5.74) is 1.97. The molecule has 0 spiro atoms. The van der Waals surface area contributed by atoms with E-state index in [-0.39, 0.29) is 23.8 Å². The van der Waals surface area contributed by atoms with Crippen molar-refractivity contribution in [1.29, 1.82) is 0 Å². The van der Waals surface area contributed by atoms with E-state index >= 15 is 0 Å². The van der Waals surface area contributed by atoms with Crippen LogP contribution in [0.2, 0.25) is 0 Å². The Bertz CT molecular complexity index is 1220. The van der Waals surface area contributed by atoms with Gasteiger partial charge in [0.2, 0.25) is 5.91 Å². The molecule has 1 amide bonds. The fourth-order valence-corrected chi connectivity index (χ4v) is 3.94. The van der Waals surface area contributed by atoms with Gasteiger partial charge in [-0.3, -0.25) is 18.7 Å². The van der Waals surface area contributed by atoms with Gasteiger partial charge in [0, 0.05) is 44.4 Å². The molecule has 0 aliphatic carbocycles. The molecule has 0 unspecified atom stereocenters. The maximum Gasteiger partial charge on any atom is 0.332 e. The Labute approximate surface area is 166 Å². The minimum Gasteiger partial charge on any atom is -0.361 e. The minimum absolute atomic E-state index is 0.0314. The van der Waals surface area contributed by atoms with Gasteiger partial charge in [-0.25, -0.2) is 9.78 Å². The number of amides is 1. The summed E-state index contributed by atoms with van der Waals surface area (Å²) in [6.07, 6.45) is 1.05. The van der Waals surface area contributed by atoms with Crippen LogP contribution in [0.15, 0.2) is 26.2 Å². The smallest absolute Gasteiger partial charge is 0.332 e. The molecular weight excluding hydrogens is 374 g/mol. The van der Waals surface area contributed by atoms with Crippen molar-refractivity contribution in [2.24, 2.45) is 14.1 Å². The first-order valence-corrected chi connectivity index (χ1v) is 9.54. The Morgan fingerprint density at radius 1 is 1.21 bits per heavy atom. The molecule has 1 saturated heterocycles. The largest absolute Gasteiger partial charge is 0.361 e. The Morgan fingerprint density at radius 2 is 1.97 bits per heavy atom. The normalized spacial score (nSPS) is 16.7. The Kier molecular flexibility index (Phi) is 4.60. The standard InChI is InChI=1S/C20H23N5O4/c1-11-15(12(2)29-22-11)9-17(26)25-8-7-13(10-25)16-6-5-14-18(21-16)23(3)20(28)24(4)19(14)27/h5-6,13H,7-10H2,1-4H3/t13-/m1/s1. The lowest BCUT2D eigenvalue weighted by Crippen LogP contribution is -2.37. The van der Waals surface area contributed by atoms with Crippen LogP contribution >= 0.6 is 0 Å². The molecule has 1 atom stereocenters. The molecular formula is C20H23N5O4. The van der Waals surface area contributed by atoms with Crippen molar-refractivity contribution in [1.82, 2.24) is 24.2 Å². The maximum absolute atomic E-state index is 12.7. The lowest BCUT2D eigenvalue weighted by atomic mass is 10.0. The lowest BCUT2D eigenvalue weighted by molar-refractivity contribution is -0.129. The number of pyridine rings is 1. The van der Waals surface area contributed by atoms with Crippen molar-refractivity contribution >= 4 is 16.9 Å². The summed E-state index contributed by atoms with van der Waals surface area (Å²) in [5, 5.41) is 4.31. The predicted molar refractivity (Wildman–Crippen MR) is 106 cm³/mol. The molecule has 0 radical (unpaired) electrons. The highest BCUT2D eigenvalue weighted by Crippen LogP contribution is 2.27. The molecule has 1 fully saturated rings. The molecule has 152 valence electrons. The van der Waals surface area contributed by atoms with E-state index < -0.39 is 5.69 Å². The van der Waals surface area contributed by atoms with Crippen LogP contribution in [0.1, 0.15) is 35.1 Å². The number of likely N-dealkylation sites (tertiary alicyclic amines) is 1. The highest BCUT2D eigenvalue weighted by molar-refractivity contribution is 5.79. The van der Waals surface area contributed by atoms with Gasteiger partial charge in [-0.1, -0.05) is 5.16 Å². The van der Waals surface area contributed by atoms with Crippen molar-refractivity contribution in [2.45, 2.75) is 32.6 Å². The number of aromatic nitrogens is 4. The highest BCUT2D eigenvalue weighted by Gasteiger charge is 2.29.